The summed E-state index contributed by atoms with van der Waals surface area (Å²) in [6, 6.07) is 5.51. The molecular formula is C25H30F3N5O3. The standard InChI is InChI=1S/C25H30F3N5O3/c1-15-5-4-6-18(9-15)20-14-32(23(36)24(7-8-24)25(26,27)28)17(3)13-33(20)22(35)21(34)31-19(12-30)10-16(2)11-29/h4-6,9-12,17,20,29H,7-8,13-14,30H2,1-3H3,(H,31,34)/b16-10-,19-12+,29-11?/t17-,20-/m1/s1. The summed E-state index contributed by atoms with van der Waals surface area (Å²) < 4.78 is 41.1. The second-order valence-electron chi connectivity index (χ2n) is 9.38. The van der Waals surface area contributed by atoms with Crippen LogP contribution in [0.2, 0.25) is 0 Å². The topological polar surface area (TPSA) is 120 Å². The number of piperazine rings is 1. The first kappa shape index (κ1) is 27.0. The number of benzene rings is 1. The third-order valence-corrected chi connectivity index (χ3v) is 6.63. The van der Waals surface area contributed by atoms with Gasteiger partial charge in [0.05, 0.1) is 11.7 Å². The van der Waals surface area contributed by atoms with Crippen molar-refractivity contribution in [1.82, 2.24) is 15.1 Å². The second kappa shape index (κ2) is 10.2. The van der Waals surface area contributed by atoms with E-state index < -0.39 is 41.4 Å². The van der Waals surface area contributed by atoms with Crippen LogP contribution in [0.1, 0.15) is 43.9 Å². The van der Waals surface area contributed by atoms with Gasteiger partial charge in [-0.1, -0.05) is 29.8 Å². The largest absolute Gasteiger partial charge is 0.403 e. The Hall–Kier alpha value is -3.63. The summed E-state index contributed by atoms with van der Waals surface area (Å²) in [6.07, 6.45) is -1.60. The van der Waals surface area contributed by atoms with E-state index in [-0.39, 0.29) is 31.6 Å². The summed E-state index contributed by atoms with van der Waals surface area (Å²) in [4.78, 5) is 41.7. The quantitative estimate of drug-likeness (QED) is 0.324. The van der Waals surface area contributed by atoms with E-state index in [1.807, 2.05) is 13.0 Å². The Morgan fingerprint density at radius 2 is 1.86 bits per heavy atom. The number of alkyl halides is 3. The zero-order valence-corrected chi connectivity index (χ0v) is 20.4. The number of allylic oxidation sites excluding steroid dienone is 2. The molecule has 1 saturated carbocycles. The van der Waals surface area contributed by atoms with Gasteiger partial charge in [0.15, 0.2) is 0 Å². The molecule has 2 atom stereocenters. The van der Waals surface area contributed by atoms with Crippen LogP contribution < -0.4 is 11.1 Å². The number of halogens is 3. The molecule has 1 aromatic carbocycles. The Morgan fingerprint density at radius 1 is 1.19 bits per heavy atom. The number of nitrogens with zero attached hydrogens (tertiary/aromatic N) is 2. The molecule has 0 bridgehead atoms. The molecule has 1 aliphatic heterocycles. The minimum Gasteiger partial charge on any atom is -0.403 e. The predicted molar refractivity (Wildman–Crippen MR) is 127 cm³/mol. The zero-order chi connectivity index (χ0) is 26.8. The number of nitrogens with two attached hydrogens (primary N) is 1. The molecule has 36 heavy (non-hydrogen) atoms. The number of carbonyl (C=O) groups is 3. The van der Waals surface area contributed by atoms with Gasteiger partial charge in [-0.25, -0.2) is 0 Å². The molecule has 194 valence electrons. The maximum Gasteiger partial charge on any atom is 0.403 e. The third kappa shape index (κ3) is 5.29. The van der Waals surface area contributed by atoms with Gasteiger partial charge < -0.3 is 26.3 Å². The van der Waals surface area contributed by atoms with Crippen LogP contribution in [0.5, 0.6) is 0 Å². The van der Waals surface area contributed by atoms with Crippen molar-refractivity contribution in [2.75, 3.05) is 13.1 Å². The fourth-order valence-corrected chi connectivity index (χ4v) is 4.39. The van der Waals surface area contributed by atoms with Crippen LogP contribution in [0.15, 0.2) is 47.8 Å². The lowest BCUT2D eigenvalue weighted by atomic mass is 9.95. The first-order valence-electron chi connectivity index (χ1n) is 11.5. The molecule has 1 aromatic rings. The maximum absolute atomic E-state index is 13.7. The Balaban J connectivity index is 1.91. The van der Waals surface area contributed by atoms with E-state index in [4.69, 9.17) is 11.1 Å². The minimum absolute atomic E-state index is 0.115. The Morgan fingerprint density at radius 3 is 2.39 bits per heavy atom. The molecule has 0 unspecified atom stereocenters. The lowest BCUT2D eigenvalue weighted by Crippen LogP contribution is -2.61. The van der Waals surface area contributed by atoms with E-state index in [2.05, 4.69) is 5.32 Å². The molecule has 8 nitrogen and oxygen atoms in total. The summed E-state index contributed by atoms with van der Waals surface area (Å²) in [7, 11) is 0. The number of amides is 3. The number of nitrogens with one attached hydrogen (secondary N) is 2. The van der Waals surface area contributed by atoms with Crippen LogP contribution in [0.3, 0.4) is 0 Å². The number of hydrogen-bond donors (Lipinski definition) is 3. The van der Waals surface area contributed by atoms with E-state index in [9.17, 15) is 27.6 Å². The SMILES string of the molecule is C/C(C=N)=C/C(=C\N)NC(=O)C(=O)N1C[C@@H](C)N(C(=O)C2(C(F)(F)F)CC2)C[C@@H]1c1cccc(C)c1. The van der Waals surface area contributed by atoms with Gasteiger partial charge in [-0.2, -0.15) is 13.2 Å². The fourth-order valence-electron chi connectivity index (χ4n) is 4.39. The molecule has 1 heterocycles. The van der Waals surface area contributed by atoms with E-state index in [1.54, 1.807) is 32.0 Å². The highest BCUT2D eigenvalue weighted by Crippen LogP contribution is 2.59. The van der Waals surface area contributed by atoms with Crippen LogP contribution in [-0.4, -0.2) is 59.0 Å². The van der Waals surface area contributed by atoms with Crippen LogP contribution in [0, 0.1) is 17.7 Å². The van der Waals surface area contributed by atoms with Crippen LogP contribution in [0.4, 0.5) is 13.2 Å². The summed E-state index contributed by atoms with van der Waals surface area (Å²) in [5.41, 5.74) is 5.22. The van der Waals surface area contributed by atoms with Crippen LogP contribution in [0.25, 0.3) is 0 Å². The molecule has 0 spiro atoms. The van der Waals surface area contributed by atoms with Gasteiger partial charge in [0.25, 0.3) is 0 Å². The first-order chi connectivity index (χ1) is 16.8. The van der Waals surface area contributed by atoms with Gasteiger partial charge in [0, 0.05) is 31.5 Å². The summed E-state index contributed by atoms with van der Waals surface area (Å²) in [6.45, 7) is 4.71. The Bertz CT molecular complexity index is 1120. The van der Waals surface area contributed by atoms with Gasteiger partial charge in [-0.3, -0.25) is 14.4 Å². The van der Waals surface area contributed by atoms with Crippen molar-refractivity contribution in [2.24, 2.45) is 11.1 Å². The molecule has 3 rings (SSSR count). The van der Waals surface area contributed by atoms with Crippen molar-refractivity contribution in [2.45, 2.75) is 51.9 Å². The van der Waals surface area contributed by atoms with Gasteiger partial charge in [0.1, 0.15) is 5.41 Å². The van der Waals surface area contributed by atoms with E-state index in [1.165, 1.54) is 15.9 Å². The van der Waals surface area contributed by atoms with Crippen molar-refractivity contribution in [3.63, 3.8) is 0 Å². The molecule has 11 heteroatoms. The first-order valence-corrected chi connectivity index (χ1v) is 11.5. The molecule has 1 saturated heterocycles. The lowest BCUT2D eigenvalue weighted by molar-refractivity contribution is -0.201. The van der Waals surface area contributed by atoms with Crippen molar-refractivity contribution in [1.29, 1.82) is 5.41 Å². The number of aryl methyl sites for hydroxylation is 1. The average Bonchev–Trinajstić information content (AvgIpc) is 3.64. The molecule has 4 N–H and O–H groups in total. The molecule has 0 aromatic heterocycles. The summed E-state index contributed by atoms with van der Waals surface area (Å²) in [5, 5.41) is 9.67. The highest BCUT2D eigenvalue weighted by atomic mass is 19.4. The van der Waals surface area contributed by atoms with Crippen LogP contribution in [-0.2, 0) is 14.4 Å². The van der Waals surface area contributed by atoms with Crippen molar-refractivity contribution >= 4 is 23.9 Å². The normalized spacial score (nSPS) is 22.2. The van der Waals surface area contributed by atoms with E-state index in [0.717, 1.165) is 18.0 Å². The highest BCUT2D eigenvalue weighted by Gasteiger charge is 2.70. The Kier molecular flexibility index (Phi) is 7.61. The molecule has 0 radical (unpaired) electrons. The van der Waals surface area contributed by atoms with Gasteiger partial charge in [-0.15, -0.1) is 0 Å². The van der Waals surface area contributed by atoms with E-state index in [0.29, 0.717) is 11.1 Å². The minimum atomic E-state index is -4.65. The van der Waals surface area contributed by atoms with Crippen LogP contribution >= 0.6 is 0 Å². The molecular weight excluding hydrogens is 475 g/mol. The monoisotopic (exact) mass is 505 g/mol. The third-order valence-electron chi connectivity index (χ3n) is 6.63. The lowest BCUT2D eigenvalue weighted by Gasteiger charge is -2.46. The molecule has 3 amide bonds. The molecule has 2 aliphatic rings. The van der Waals surface area contributed by atoms with Crippen molar-refractivity contribution in [3.05, 3.63) is 58.9 Å². The molecule has 2 fully saturated rings. The predicted octanol–water partition coefficient (Wildman–Crippen LogP) is 2.95. The summed E-state index contributed by atoms with van der Waals surface area (Å²) >= 11 is 0. The highest BCUT2D eigenvalue weighted by molar-refractivity contribution is 6.35. The smallest absolute Gasteiger partial charge is 0.403 e. The number of carbonyl (C=O) groups excluding carboxylic acids is 3. The van der Waals surface area contributed by atoms with Gasteiger partial charge >= 0.3 is 18.0 Å². The second-order valence-corrected chi connectivity index (χ2v) is 9.38. The van der Waals surface area contributed by atoms with Crippen molar-refractivity contribution < 1.29 is 27.6 Å². The number of rotatable bonds is 5. The van der Waals surface area contributed by atoms with Gasteiger partial charge in [0.2, 0.25) is 5.91 Å². The Labute approximate surface area is 207 Å². The average molecular weight is 506 g/mol. The zero-order valence-electron chi connectivity index (χ0n) is 20.4. The van der Waals surface area contributed by atoms with Crippen molar-refractivity contribution in [3.8, 4) is 0 Å². The van der Waals surface area contributed by atoms with E-state index >= 15 is 0 Å². The summed E-state index contributed by atoms with van der Waals surface area (Å²) in [5.74, 6) is -2.88. The number of hydrogen-bond acceptors (Lipinski definition) is 5. The molecule has 1 aliphatic carbocycles. The van der Waals surface area contributed by atoms with Gasteiger partial charge in [-0.05, 0) is 50.8 Å². The fraction of sp³-hybridized carbons (Fsp3) is 0.440. The maximum atomic E-state index is 13.7.